The maximum Gasteiger partial charge on any atom is 0.337 e. The van der Waals surface area contributed by atoms with Crippen LogP contribution < -0.4 is 10.6 Å². The van der Waals surface area contributed by atoms with Gasteiger partial charge in [0.05, 0.1) is 16.9 Å². The normalized spacial score (nSPS) is 10.2. The molecule has 0 unspecified atom stereocenters. The molecular formula is C14H15N3O3S. The minimum atomic E-state index is -1.09. The van der Waals surface area contributed by atoms with E-state index in [1.54, 1.807) is 19.1 Å². The first-order valence-electron chi connectivity index (χ1n) is 6.23. The highest BCUT2D eigenvalue weighted by Gasteiger charge is 2.14. The van der Waals surface area contributed by atoms with Gasteiger partial charge in [-0.05, 0) is 32.9 Å². The number of benzene rings is 1. The van der Waals surface area contributed by atoms with Gasteiger partial charge < -0.3 is 10.4 Å². The summed E-state index contributed by atoms with van der Waals surface area (Å²) in [7, 11) is 0. The van der Waals surface area contributed by atoms with Crippen molar-refractivity contribution in [2.45, 2.75) is 20.8 Å². The van der Waals surface area contributed by atoms with Gasteiger partial charge in [-0.25, -0.2) is 14.6 Å². The molecule has 2 amide bonds. The Hall–Kier alpha value is -2.41. The minimum Gasteiger partial charge on any atom is -0.478 e. The minimum absolute atomic E-state index is 0.0525. The number of aromatic nitrogens is 1. The Morgan fingerprint density at radius 1 is 1.19 bits per heavy atom. The number of carbonyl (C=O) groups is 2. The van der Waals surface area contributed by atoms with Gasteiger partial charge in [0.25, 0.3) is 0 Å². The second kappa shape index (κ2) is 5.92. The highest BCUT2D eigenvalue weighted by atomic mass is 32.1. The van der Waals surface area contributed by atoms with Gasteiger partial charge in [-0.2, -0.15) is 0 Å². The summed E-state index contributed by atoms with van der Waals surface area (Å²) in [6.07, 6.45) is 0. The lowest BCUT2D eigenvalue weighted by Gasteiger charge is -2.09. The predicted molar refractivity (Wildman–Crippen MR) is 82.4 cm³/mol. The van der Waals surface area contributed by atoms with Crippen LogP contribution >= 0.6 is 11.3 Å². The first-order chi connectivity index (χ1) is 9.86. The fourth-order valence-electron chi connectivity index (χ4n) is 1.72. The van der Waals surface area contributed by atoms with E-state index in [0.29, 0.717) is 5.13 Å². The van der Waals surface area contributed by atoms with Crippen LogP contribution in [0.15, 0.2) is 18.2 Å². The van der Waals surface area contributed by atoms with E-state index in [9.17, 15) is 9.59 Å². The number of nitrogens with zero attached hydrogens (tertiary/aromatic N) is 1. The fraction of sp³-hybridized carbons (Fsp3) is 0.214. The smallest absolute Gasteiger partial charge is 0.337 e. The van der Waals surface area contributed by atoms with Crippen LogP contribution in [0.3, 0.4) is 0 Å². The fourth-order valence-corrected chi connectivity index (χ4v) is 2.53. The molecule has 3 N–H and O–H groups in total. The van der Waals surface area contributed by atoms with Crippen molar-refractivity contribution in [3.8, 4) is 0 Å². The first kappa shape index (κ1) is 15.0. The van der Waals surface area contributed by atoms with Crippen LogP contribution in [0, 0.1) is 20.8 Å². The van der Waals surface area contributed by atoms with E-state index in [0.717, 1.165) is 16.1 Å². The number of thiazole rings is 1. The van der Waals surface area contributed by atoms with Crippen LogP contribution in [-0.4, -0.2) is 22.1 Å². The van der Waals surface area contributed by atoms with Gasteiger partial charge in [-0.1, -0.05) is 11.6 Å². The Bertz CT molecular complexity index is 690. The van der Waals surface area contributed by atoms with E-state index >= 15 is 0 Å². The number of hydrogen-bond donors (Lipinski definition) is 3. The van der Waals surface area contributed by atoms with Gasteiger partial charge in [0.2, 0.25) is 0 Å². The molecule has 21 heavy (non-hydrogen) atoms. The summed E-state index contributed by atoms with van der Waals surface area (Å²) in [5, 5.41) is 14.8. The van der Waals surface area contributed by atoms with E-state index in [2.05, 4.69) is 15.6 Å². The summed E-state index contributed by atoms with van der Waals surface area (Å²) < 4.78 is 0. The third kappa shape index (κ3) is 3.57. The number of urea groups is 1. The average Bonchev–Trinajstić information content (AvgIpc) is 2.70. The zero-order chi connectivity index (χ0) is 15.6. The predicted octanol–water partition coefficient (Wildman–Crippen LogP) is 3.41. The zero-order valence-corrected chi connectivity index (χ0v) is 12.7. The van der Waals surface area contributed by atoms with E-state index in [4.69, 9.17) is 5.11 Å². The highest BCUT2D eigenvalue weighted by molar-refractivity contribution is 7.15. The molecule has 2 rings (SSSR count). The molecule has 0 atom stereocenters. The van der Waals surface area contributed by atoms with Crippen LogP contribution in [0.25, 0.3) is 0 Å². The molecule has 0 fully saturated rings. The second-order valence-corrected chi connectivity index (χ2v) is 5.80. The lowest BCUT2D eigenvalue weighted by Crippen LogP contribution is -2.21. The summed E-state index contributed by atoms with van der Waals surface area (Å²) in [5.74, 6) is -1.09. The van der Waals surface area contributed by atoms with Gasteiger partial charge in [0.15, 0.2) is 5.13 Å². The lowest BCUT2D eigenvalue weighted by molar-refractivity contribution is 0.0698. The van der Waals surface area contributed by atoms with E-state index in [1.807, 2.05) is 13.8 Å². The molecule has 1 aromatic carbocycles. The molecule has 0 saturated heterocycles. The molecule has 0 aliphatic carbocycles. The molecule has 0 bridgehead atoms. The topological polar surface area (TPSA) is 91.3 Å². The van der Waals surface area contributed by atoms with Crippen molar-refractivity contribution in [1.29, 1.82) is 0 Å². The van der Waals surface area contributed by atoms with Gasteiger partial charge in [0, 0.05) is 4.88 Å². The average molecular weight is 305 g/mol. The third-order valence-electron chi connectivity index (χ3n) is 2.90. The number of amides is 2. The largest absolute Gasteiger partial charge is 0.478 e. The second-order valence-electron chi connectivity index (χ2n) is 4.59. The van der Waals surface area contributed by atoms with Gasteiger partial charge >= 0.3 is 12.0 Å². The SMILES string of the molecule is Cc1ccc(NC(=O)Nc2nc(C)c(C)s2)c(C(=O)O)c1. The Kier molecular flexibility index (Phi) is 4.23. The van der Waals surface area contributed by atoms with Gasteiger partial charge in [0.1, 0.15) is 0 Å². The quantitative estimate of drug-likeness (QED) is 0.810. The lowest BCUT2D eigenvalue weighted by atomic mass is 10.1. The standard InChI is InChI=1S/C14H15N3O3S/c1-7-4-5-11(10(6-7)12(18)19)16-13(20)17-14-15-8(2)9(3)21-14/h4-6H,1-3H3,(H,18,19)(H2,15,16,17,20). The summed E-state index contributed by atoms with van der Waals surface area (Å²) in [5.41, 5.74) is 1.97. The Morgan fingerprint density at radius 3 is 2.48 bits per heavy atom. The number of hydrogen-bond acceptors (Lipinski definition) is 4. The molecule has 6 nitrogen and oxygen atoms in total. The monoisotopic (exact) mass is 305 g/mol. The summed E-state index contributed by atoms with van der Waals surface area (Å²) >= 11 is 1.37. The van der Waals surface area contributed by atoms with Gasteiger partial charge in [-0.3, -0.25) is 5.32 Å². The maximum absolute atomic E-state index is 11.9. The number of carboxylic acids is 1. The molecular weight excluding hydrogens is 290 g/mol. The molecule has 1 heterocycles. The third-order valence-corrected chi connectivity index (χ3v) is 3.89. The molecule has 7 heteroatoms. The van der Waals surface area contributed by atoms with Crippen molar-refractivity contribution in [1.82, 2.24) is 4.98 Å². The Balaban J connectivity index is 2.14. The van der Waals surface area contributed by atoms with E-state index in [-0.39, 0.29) is 11.3 Å². The first-order valence-corrected chi connectivity index (χ1v) is 7.04. The summed E-state index contributed by atoms with van der Waals surface area (Å²) in [4.78, 5) is 28.3. The number of rotatable bonds is 3. The molecule has 1 aromatic heterocycles. The number of aryl methyl sites for hydroxylation is 3. The molecule has 0 radical (unpaired) electrons. The summed E-state index contributed by atoms with van der Waals surface area (Å²) in [6.45, 7) is 5.56. The van der Waals surface area contributed by atoms with E-state index in [1.165, 1.54) is 17.4 Å². The van der Waals surface area contributed by atoms with Crippen LogP contribution in [-0.2, 0) is 0 Å². The Morgan fingerprint density at radius 2 is 1.90 bits per heavy atom. The Labute approximate surface area is 125 Å². The van der Waals surface area contributed by atoms with Crippen molar-refractivity contribution < 1.29 is 14.7 Å². The molecule has 0 aliphatic rings. The molecule has 0 aliphatic heterocycles. The zero-order valence-electron chi connectivity index (χ0n) is 11.9. The van der Waals surface area contributed by atoms with E-state index < -0.39 is 12.0 Å². The number of carboxylic acid groups (broad SMARTS) is 1. The maximum atomic E-state index is 11.9. The molecule has 0 spiro atoms. The summed E-state index contributed by atoms with van der Waals surface area (Å²) in [6, 6.07) is 4.29. The number of anilines is 2. The van der Waals surface area contributed by atoms with Crippen LogP contribution in [0.5, 0.6) is 0 Å². The van der Waals surface area contributed by atoms with Crippen molar-refractivity contribution in [2.75, 3.05) is 10.6 Å². The van der Waals surface area contributed by atoms with Crippen LogP contribution in [0.4, 0.5) is 15.6 Å². The highest BCUT2D eigenvalue weighted by Crippen LogP contribution is 2.22. The number of carbonyl (C=O) groups excluding carboxylic acids is 1. The van der Waals surface area contributed by atoms with Crippen LogP contribution in [0.1, 0.15) is 26.5 Å². The number of nitrogens with one attached hydrogen (secondary N) is 2. The van der Waals surface area contributed by atoms with Crippen LogP contribution in [0.2, 0.25) is 0 Å². The molecule has 0 saturated carbocycles. The van der Waals surface area contributed by atoms with Crippen molar-refractivity contribution in [2.24, 2.45) is 0 Å². The van der Waals surface area contributed by atoms with Crippen molar-refractivity contribution in [3.05, 3.63) is 39.9 Å². The van der Waals surface area contributed by atoms with Crippen molar-refractivity contribution >= 4 is 34.2 Å². The number of aromatic carboxylic acids is 1. The van der Waals surface area contributed by atoms with Crippen molar-refractivity contribution in [3.63, 3.8) is 0 Å². The molecule has 2 aromatic rings. The molecule has 110 valence electrons. The van der Waals surface area contributed by atoms with Gasteiger partial charge in [-0.15, -0.1) is 11.3 Å².